The van der Waals surface area contributed by atoms with Crippen molar-refractivity contribution in [2.45, 2.75) is 0 Å². The van der Waals surface area contributed by atoms with Crippen LogP contribution in [0, 0.1) is 0 Å². The molecule has 1 aromatic heterocycles. The topological polar surface area (TPSA) is 94.9 Å². The number of primary amides is 1. The van der Waals surface area contributed by atoms with Crippen molar-refractivity contribution in [1.29, 1.82) is 0 Å². The fourth-order valence-electron chi connectivity index (χ4n) is 0.879. The van der Waals surface area contributed by atoms with E-state index in [4.69, 9.17) is 11.5 Å². The summed E-state index contributed by atoms with van der Waals surface area (Å²) >= 11 is 0. The van der Waals surface area contributed by atoms with E-state index >= 15 is 0 Å². The van der Waals surface area contributed by atoms with Crippen LogP contribution in [0.2, 0.25) is 0 Å². The van der Waals surface area contributed by atoms with Gasteiger partial charge >= 0.3 is 0 Å². The van der Waals surface area contributed by atoms with Gasteiger partial charge in [-0.1, -0.05) is 18.2 Å². The van der Waals surface area contributed by atoms with Gasteiger partial charge < -0.3 is 11.5 Å². The largest absolute Gasteiger partial charge is 0.399 e. The van der Waals surface area contributed by atoms with Crippen LogP contribution in [0.4, 0.5) is 5.69 Å². The lowest BCUT2D eigenvalue weighted by Crippen LogP contribution is -2.12. The van der Waals surface area contributed by atoms with E-state index in [0.717, 1.165) is 5.69 Å². The number of benzene rings is 1. The molecule has 0 unspecified atom stereocenters. The van der Waals surface area contributed by atoms with Gasteiger partial charge in [-0.2, -0.15) is 0 Å². The van der Waals surface area contributed by atoms with Gasteiger partial charge in [-0.05, 0) is 12.1 Å². The third-order valence-corrected chi connectivity index (χ3v) is 1.62. The molecule has 4 N–H and O–H groups in total. The minimum absolute atomic E-state index is 0.192. The van der Waals surface area contributed by atoms with Gasteiger partial charge in [0, 0.05) is 18.1 Å². The molecule has 1 amide bonds. The van der Waals surface area contributed by atoms with E-state index in [1.807, 2.05) is 30.3 Å². The number of amides is 1. The fourth-order valence-corrected chi connectivity index (χ4v) is 0.879. The van der Waals surface area contributed by atoms with Crippen LogP contribution in [0.25, 0.3) is 0 Å². The summed E-state index contributed by atoms with van der Waals surface area (Å²) in [5.74, 6) is -0.553. The van der Waals surface area contributed by atoms with Crippen LogP contribution in [0.1, 0.15) is 10.5 Å². The Kier molecular flexibility index (Phi) is 4.46. The second kappa shape index (κ2) is 6.13. The Hall–Kier alpha value is -2.43. The smallest absolute Gasteiger partial charge is 0.268 e. The first-order valence-electron chi connectivity index (χ1n) is 4.56. The van der Waals surface area contributed by atoms with E-state index in [1.165, 1.54) is 18.6 Å². The molecule has 1 heterocycles. The monoisotopic (exact) mass is 216 g/mol. The quantitative estimate of drug-likeness (QED) is 0.690. The Morgan fingerprint density at radius 1 is 1.12 bits per heavy atom. The van der Waals surface area contributed by atoms with Crippen molar-refractivity contribution in [3.63, 3.8) is 0 Å². The molecule has 82 valence electrons. The molecule has 2 aromatic rings. The first-order chi connectivity index (χ1) is 7.70. The Balaban J connectivity index is 0.000000165. The lowest BCUT2D eigenvalue weighted by Gasteiger charge is -1.87. The van der Waals surface area contributed by atoms with Gasteiger partial charge in [0.2, 0.25) is 0 Å². The third kappa shape index (κ3) is 4.19. The molecule has 0 radical (unpaired) electrons. The predicted octanol–water partition coefficient (Wildman–Crippen LogP) is 0.844. The van der Waals surface area contributed by atoms with Crippen LogP contribution in [0.15, 0.2) is 48.9 Å². The molecule has 0 atom stereocenters. The standard InChI is InChI=1S/C6H7N.C5H5N3O/c7-6-4-2-1-3-5-6;6-5(9)4-3-7-1-2-8-4/h1-5H,7H2;1-3H,(H2,6,9). The first kappa shape index (κ1) is 11.6. The van der Waals surface area contributed by atoms with Crippen LogP contribution < -0.4 is 11.5 Å². The molecular formula is C11H12N4O. The number of para-hydroxylation sites is 1. The summed E-state index contributed by atoms with van der Waals surface area (Å²) < 4.78 is 0. The van der Waals surface area contributed by atoms with Gasteiger partial charge in [0.25, 0.3) is 5.91 Å². The molecule has 1 aromatic carbocycles. The van der Waals surface area contributed by atoms with Gasteiger partial charge in [0.15, 0.2) is 0 Å². The number of anilines is 1. The van der Waals surface area contributed by atoms with Crippen molar-refractivity contribution >= 4 is 11.6 Å². The number of aromatic nitrogens is 2. The maximum Gasteiger partial charge on any atom is 0.268 e. The average molecular weight is 216 g/mol. The normalized spacial score (nSPS) is 8.75. The molecule has 5 nitrogen and oxygen atoms in total. The number of hydrogen-bond donors (Lipinski definition) is 2. The Morgan fingerprint density at radius 3 is 2.12 bits per heavy atom. The van der Waals surface area contributed by atoms with E-state index in [1.54, 1.807) is 0 Å². The number of carbonyl (C=O) groups is 1. The maximum absolute atomic E-state index is 10.3. The van der Waals surface area contributed by atoms with Gasteiger partial charge in [0.05, 0.1) is 6.20 Å². The zero-order valence-corrected chi connectivity index (χ0v) is 8.58. The van der Waals surface area contributed by atoms with E-state index in [2.05, 4.69) is 9.97 Å². The number of rotatable bonds is 1. The minimum Gasteiger partial charge on any atom is -0.399 e. The summed E-state index contributed by atoms with van der Waals surface area (Å²) in [6, 6.07) is 9.49. The molecule has 0 spiro atoms. The Labute approximate surface area is 93.1 Å². The SMILES string of the molecule is NC(=O)c1cnccn1.Nc1ccccc1. The van der Waals surface area contributed by atoms with E-state index in [9.17, 15) is 4.79 Å². The molecule has 0 aliphatic rings. The summed E-state index contributed by atoms with van der Waals surface area (Å²) in [4.78, 5) is 17.6. The van der Waals surface area contributed by atoms with Gasteiger partial charge in [0.1, 0.15) is 5.69 Å². The molecule has 0 saturated carbocycles. The van der Waals surface area contributed by atoms with E-state index < -0.39 is 5.91 Å². The zero-order valence-electron chi connectivity index (χ0n) is 8.58. The molecular weight excluding hydrogens is 204 g/mol. The second-order valence-electron chi connectivity index (χ2n) is 2.87. The second-order valence-corrected chi connectivity index (χ2v) is 2.87. The molecule has 0 aliphatic heterocycles. The number of nitrogens with zero attached hydrogens (tertiary/aromatic N) is 2. The van der Waals surface area contributed by atoms with Crippen molar-refractivity contribution in [3.05, 3.63) is 54.6 Å². The summed E-state index contributed by atoms with van der Waals surface area (Å²) in [7, 11) is 0. The third-order valence-electron chi connectivity index (χ3n) is 1.62. The highest BCUT2D eigenvalue weighted by atomic mass is 16.1. The molecule has 0 aliphatic carbocycles. The predicted molar refractivity (Wildman–Crippen MR) is 61.4 cm³/mol. The molecule has 16 heavy (non-hydrogen) atoms. The number of carbonyl (C=O) groups excluding carboxylic acids is 1. The first-order valence-corrected chi connectivity index (χ1v) is 4.56. The maximum atomic E-state index is 10.3. The molecule has 0 bridgehead atoms. The number of nitrogen functional groups attached to an aromatic ring is 1. The van der Waals surface area contributed by atoms with Crippen molar-refractivity contribution < 1.29 is 4.79 Å². The van der Waals surface area contributed by atoms with E-state index in [-0.39, 0.29) is 5.69 Å². The highest BCUT2D eigenvalue weighted by Gasteiger charge is 1.97. The molecule has 5 heteroatoms. The summed E-state index contributed by atoms with van der Waals surface area (Å²) in [6.07, 6.45) is 4.22. The minimum atomic E-state index is -0.553. The van der Waals surface area contributed by atoms with Gasteiger partial charge in [-0.3, -0.25) is 9.78 Å². The lowest BCUT2D eigenvalue weighted by atomic mass is 10.3. The van der Waals surface area contributed by atoms with E-state index in [0.29, 0.717) is 0 Å². The van der Waals surface area contributed by atoms with Crippen LogP contribution in [-0.2, 0) is 0 Å². The summed E-state index contributed by atoms with van der Waals surface area (Å²) in [6.45, 7) is 0. The molecule has 2 rings (SSSR count). The highest BCUT2D eigenvalue weighted by Crippen LogP contribution is 1.95. The van der Waals surface area contributed by atoms with Crippen LogP contribution in [0.3, 0.4) is 0 Å². The zero-order chi connectivity index (χ0) is 11.8. The molecule has 0 fully saturated rings. The van der Waals surface area contributed by atoms with Crippen molar-refractivity contribution in [3.8, 4) is 0 Å². The van der Waals surface area contributed by atoms with Crippen molar-refractivity contribution in [2.75, 3.05) is 5.73 Å². The van der Waals surface area contributed by atoms with Gasteiger partial charge in [-0.15, -0.1) is 0 Å². The summed E-state index contributed by atoms with van der Waals surface area (Å²) in [5.41, 5.74) is 11.2. The van der Waals surface area contributed by atoms with Crippen LogP contribution in [0.5, 0.6) is 0 Å². The number of hydrogen-bond acceptors (Lipinski definition) is 4. The van der Waals surface area contributed by atoms with Crippen LogP contribution >= 0.6 is 0 Å². The lowest BCUT2D eigenvalue weighted by molar-refractivity contribution is 0.0995. The van der Waals surface area contributed by atoms with Crippen molar-refractivity contribution in [1.82, 2.24) is 9.97 Å². The fraction of sp³-hybridized carbons (Fsp3) is 0. The summed E-state index contributed by atoms with van der Waals surface area (Å²) in [5, 5.41) is 0. The van der Waals surface area contributed by atoms with Crippen molar-refractivity contribution in [2.24, 2.45) is 5.73 Å². The Bertz CT molecular complexity index is 430. The Morgan fingerprint density at radius 2 is 1.81 bits per heavy atom. The highest BCUT2D eigenvalue weighted by molar-refractivity contribution is 5.90. The molecule has 0 saturated heterocycles. The average Bonchev–Trinajstić information content (AvgIpc) is 2.32. The van der Waals surface area contributed by atoms with Gasteiger partial charge in [-0.25, -0.2) is 4.98 Å². The number of nitrogens with two attached hydrogens (primary N) is 2. The van der Waals surface area contributed by atoms with Crippen LogP contribution in [-0.4, -0.2) is 15.9 Å².